The second-order valence-corrected chi connectivity index (χ2v) is 6.53. The van der Waals surface area contributed by atoms with Gasteiger partial charge in [-0.3, -0.25) is 0 Å². The molecule has 1 saturated heterocycles. The van der Waals surface area contributed by atoms with Gasteiger partial charge in [-0.15, -0.1) is 0 Å². The minimum absolute atomic E-state index is 0.0391. The van der Waals surface area contributed by atoms with Crippen LogP contribution in [-0.2, 0) is 5.41 Å². The van der Waals surface area contributed by atoms with Crippen molar-refractivity contribution >= 4 is 11.8 Å². The molecule has 2 aromatic rings. The first-order valence-corrected chi connectivity index (χ1v) is 7.63. The summed E-state index contributed by atoms with van der Waals surface area (Å²) >= 11 is 0. The Hall–Kier alpha value is -2.24. The van der Waals surface area contributed by atoms with Gasteiger partial charge in [0.2, 0.25) is 5.95 Å². The summed E-state index contributed by atoms with van der Waals surface area (Å²) in [6, 6.07) is 3.95. The van der Waals surface area contributed by atoms with Gasteiger partial charge in [0.25, 0.3) is 0 Å². The van der Waals surface area contributed by atoms with Gasteiger partial charge in [-0.1, -0.05) is 20.8 Å². The number of aromatic nitrogens is 4. The Morgan fingerprint density at radius 1 is 0.864 bits per heavy atom. The van der Waals surface area contributed by atoms with Crippen LogP contribution in [0.25, 0.3) is 0 Å². The first kappa shape index (κ1) is 14.7. The van der Waals surface area contributed by atoms with Gasteiger partial charge in [-0.25, -0.2) is 19.9 Å². The van der Waals surface area contributed by atoms with Crippen LogP contribution >= 0.6 is 0 Å². The van der Waals surface area contributed by atoms with Crippen LogP contribution in [0.5, 0.6) is 0 Å². The van der Waals surface area contributed by atoms with Crippen LogP contribution < -0.4 is 9.80 Å². The van der Waals surface area contributed by atoms with E-state index < -0.39 is 0 Å². The maximum Gasteiger partial charge on any atom is 0.225 e. The Labute approximate surface area is 131 Å². The molecule has 0 aliphatic carbocycles. The highest BCUT2D eigenvalue weighted by Crippen LogP contribution is 2.23. The monoisotopic (exact) mass is 298 g/mol. The fourth-order valence-corrected chi connectivity index (χ4v) is 2.52. The normalized spacial score (nSPS) is 16.0. The van der Waals surface area contributed by atoms with Gasteiger partial charge in [-0.05, 0) is 6.07 Å². The highest BCUT2D eigenvalue weighted by molar-refractivity contribution is 5.43. The first-order valence-electron chi connectivity index (χ1n) is 7.63. The van der Waals surface area contributed by atoms with E-state index in [0.717, 1.165) is 43.6 Å². The summed E-state index contributed by atoms with van der Waals surface area (Å²) in [4.78, 5) is 22.0. The van der Waals surface area contributed by atoms with Crippen molar-refractivity contribution in [3.8, 4) is 0 Å². The summed E-state index contributed by atoms with van der Waals surface area (Å²) < 4.78 is 0. The van der Waals surface area contributed by atoms with E-state index in [1.54, 1.807) is 18.7 Å². The molecule has 1 aliphatic heterocycles. The molecular formula is C16H22N6. The summed E-state index contributed by atoms with van der Waals surface area (Å²) in [5, 5.41) is 0. The van der Waals surface area contributed by atoms with Crippen LogP contribution in [0, 0.1) is 0 Å². The molecule has 2 aromatic heterocycles. The SMILES string of the molecule is CC(C)(C)c1cc(N2CCN(c3ncccn3)CC2)ncn1. The van der Waals surface area contributed by atoms with Crippen molar-refractivity contribution in [3.05, 3.63) is 36.5 Å². The molecule has 0 unspecified atom stereocenters. The Morgan fingerprint density at radius 3 is 2.14 bits per heavy atom. The molecule has 3 rings (SSSR count). The van der Waals surface area contributed by atoms with E-state index in [4.69, 9.17) is 0 Å². The van der Waals surface area contributed by atoms with Crippen LogP contribution in [0.2, 0.25) is 0 Å². The van der Waals surface area contributed by atoms with Gasteiger partial charge >= 0.3 is 0 Å². The molecular weight excluding hydrogens is 276 g/mol. The first-order chi connectivity index (χ1) is 10.5. The lowest BCUT2D eigenvalue weighted by atomic mass is 9.92. The number of anilines is 2. The van der Waals surface area contributed by atoms with Crippen LogP contribution in [0.4, 0.5) is 11.8 Å². The molecule has 0 radical (unpaired) electrons. The summed E-state index contributed by atoms with van der Waals surface area (Å²) in [6.45, 7) is 10.1. The number of hydrogen-bond acceptors (Lipinski definition) is 6. The fraction of sp³-hybridized carbons (Fsp3) is 0.500. The number of piperazine rings is 1. The third-order valence-corrected chi connectivity index (χ3v) is 3.86. The third kappa shape index (κ3) is 3.16. The molecule has 116 valence electrons. The Bertz CT molecular complexity index is 614. The predicted molar refractivity (Wildman–Crippen MR) is 87.2 cm³/mol. The van der Waals surface area contributed by atoms with Gasteiger partial charge in [0.15, 0.2) is 0 Å². The van der Waals surface area contributed by atoms with E-state index in [2.05, 4.69) is 56.6 Å². The maximum absolute atomic E-state index is 4.44. The zero-order valence-corrected chi connectivity index (χ0v) is 13.4. The average Bonchev–Trinajstić information content (AvgIpc) is 2.55. The van der Waals surface area contributed by atoms with E-state index in [9.17, 15) is 0 Å². The summed E-state index contributed by atoms with van der Waals surface area (Å²) in [7, 11) is 0. The lowest BCUT2D eigenvalue weighted by Gasteiger charge is -2.35. The van der Waals surface area contributed by atoms with Crippen molar-refractivity contribution in [2.75, 3.05) is 36.0 Å². The molecule has 1 fully saturated rings. The van der Waals surface area contributed by atoms with Crippen LogP contribution in [-0.4, -0.2) is 46.1 Å². The lowest BCUT2D eigenvalue weighted by molar-refractivity contribution is 0.564. The largest absolute Gasteiger partial charge is 0.353 e. The van der Waals surface area contributed by atoms with Crippen molar-refractivity contribution in [3.63, 3.8) is 0 Å². The zero-order valence-electron chi connectivity index (χ0n) is 13.4. The topological polar surface area (TPSA) is 58.0 Å². The summed E-state index contributed by atoms with van der Waals surface area (Å²) in [5.41, 5.74) is 1.11. The van der Waals surface area contributed by atoms with Gasteiger partial charge in [0, 0.05) is 50.1 Å². The number of nitrogens with zero attached hydrogens (tertiary/aromatic N) is 6. The third-order valence-electron chi connectivity index (χ3n) is 3.86. The zero-order chi connectivity index (χ0) is 15.6. The minimum atomic E-state index is 0.0391. The average molecular weight is 298 g/mol. The molecule has 3 heterocycles. The van der Waals surface area contributed by atoms with Crippen molar-refractivity contribution in [2.24, 2.45) is 0 Å². The molecule has 0 aromatic carbocycles. The molecule has 1 aliphatic rings. The minimum Gasteiger partial charge on any atom is -0.353 e. The second kappa shape index (κ2) is 5.87. The van der Waals surface area contributed by atoms with Crippen LogP contribution in [0.3, 0.4) is 0 Å². The van der Waals surface area contributed by atoms with Gasteiger partial charge < -0.3 is 9.80 Å². The Kier molecular flexibility index (Phi) is 3.92. The van der Waals surface area contributed by atoms with E-state index in [-0.39, 0.29) is 5.41 Å². The predicted octanol–water partition coefficient (Wildman–Crippen LogP) is 1.89. The van der Waals surface area contributed by atoms with E-state index in [1.165, 1.54) is 0 Å². The summed E-state index contributed by atoms with van der Waals surface area (Å²) in [6.07, 6.45) is 5.24. The quantitative estimate of drug-likeness (QED) is 0.844. The summed E-state index contributed by atoms with van der Waals surface area (Å²) in [5.74, 6) is 1.81. The van der Waals surface area contributed by atoms with Crippen molar-refractivity contribution in [1.29, 1.82) is 0 Å². The van der Waals surface area contributed by atoms with Crippen LogP contribution in [0.15, 0.2) is 30.9 Å². The van der Waals surface area contributed by atoms with Gasteiger partial charge in [-0.2, -0.15) is 0 Å². The van der Waals surface area contributed by atoms with Gasteiger partial charge in [0.1, 0.15) is 12.1 Å². The standard InChI is InChI=1S/C16H22N6/c1-16(2,3)13-11-14(20-12-19-13)21-7-9-22(10-8-21)15-17-5-4-6-18-15/h4-6,11-12H,7-10H2,1-3H3. The number of rotatable bonds is 2. The second-order valence-electron chi connectivity index (χ2n) is 6.53. The lowest BCUT2D eigenvalue weighted by Crippen LogP contribution is -2.47. The van der Waals surface area contributed by atoms with Gasteiger partial charge in [0.05, 0.1) is 5.69 Å². The maximum atomic E-state index is 4.44. The molecule has 0 spiro atoms. The van der Waals surface area contributed by atoms with Crippen molar-refractivity contribution < 1.29 is 0 Å². The molecule has 0 amide bonds. The van der Waals surface area contributed by atoms with Crippen LogP contribution in [0.1, 0.15) is 26.5 Å². The Balaban J connectivity index is 1.69. The van der Waals surface area contributed by atoms with Crippen molar-refractivity contribution in [1.82, 2.24) is 19.9 Å². The molecule has 22 heavy (non-hydrogen) atoms. The molecule has 0 bridgehead atoms. The molecule has 0 N–H and O–H groups in total. The molecule has 0 atom stereocenters. The van der Waals surface area contributed by atoms with E-state index in [1.807, 2.05) is 6.07 Å². The van der Waals surface area contributed by atoms with Crippen molar-refractivity contribution in [2.45, 2.75) is 26.2 Å². The molecule has 6 heteroatoms. The van der Waals surface area contributed by atoms with E-state index >= 15 is 0 Å². The highest BCUT2D eigenvalue weighted by Gasteiger charge is 2.22. The molecule has 0 saturated carbocycles. The smallest absolute Gasteiger partial charge is 0.225 e. The number of hydrogen-bond donors (Lipinski definition) is 0. The Morgan fingerprint density at radius 2 is 1.50 bits per heavy atom. The molecule has 6 nitrogen and oxygen atoms in total. The highest BCUT2D eigenvalue weighted by atomic mass is 15.3. The van der Waals surface area contributed by atoms with E-state index in [0.29, 0.717) is 0 Å². The fourth-order valence-electron chi connectivity index (χ4n) is 2.52.